The number of halogens is 1. The number of nitrogens with two attached hydrogens (primary N) is 1. The maximum absolute atomic E-state index is 6.34. The quantitative estimate of drug-likeness (QED) is 0.750. The zero-order valence-corrected chi connectivity index (χ0v) is 15.4. The van der Waals surface area contributed by atoms with Gasteiger partial charge in [-0.05, 0) is 67.3 Å². The molecule has 0 saturated heterocycles. The fourth-order valence-electron chi connectivity index (χ4n) is 2.84. The molecule has 0 heterocycles. The van der Waals surface area contributed by atoms with Crippen molar-refractivity contribution in [2.24, 2.45) is 5.73 Å². The van der Waals surface area contributed by atoms with E-state index in [1.807, 2.05) is 24.3 Å². The number of rotatable bonds is 8. The summed E-state index contributed by atoms with van der Waals surface area (Å²) >= 11 is 6.34. The van der Waals surface area contributed by atoms with Crippen LogP contribution in [0.3, 0.4) is 0 Å². The summed E-state index contributed by atoms with van der Waals surface area (Å²) in [7, 11) is 1.68. The average Bonchev–Trinajstić information content (AvgIpc) is 2.59. The van der Waals surface area contributed by atoms with Crippen LogP contribution >= 0.6 is 11.6 Å². The number of ether oxygens (including phenoxy) is 2. The van der Waals surface area contributed by atoms with E-state index in [1.54, 1.807) is 7.11 Å². The Balaban J connectivity index is 2.17. The van der Waals surface area contributed by atoms with Gasteiger partial charge in [0.05, 0.1) is 18.7 Å². The number of aryl methyl sites for hydroxylation is 1. The second-order valence-corrected chi connectivity index (χ2v) is 6.38. The van der Waals surface area contributed by atoms with Crippen LogP contribution in [0.5, 0.6) is 11.5 Å². The lowest BCUT2D eigenvalue weighted by molar-refractivity contribution is 0.317. The van der Waals surface area contributed by atoms with Crippen molar-refractivity contribution < 1.29 is 9.47 Å². The van der Waals surface area contributed by atoms with Crippen molar-refractivity contribution in [3.05, 3.63) is 58.1 Å². The minimum Gasteiger partial charge on any atom is -0.497 e. The van der Waals surface area contributed by atoms with Crippen molar-refractivity contribution in [3.8, 4) is 11.5 Å². The first-order valence-corrected chi connectivity index (χ1v) is 8.72. The van der Waals surface area contributed by atoms with E-state index >= 15 is 0 Å². The van der Waals surface area contributed by atoms with E-state index < -0.39 is 0 Å². The Morgan fingerprint density at radius 2 is 1.96 bits per heavy atom. The molecule has 2 aromatic carbocycles. The van der Waals surface area contributed by atoms with E-state index in [-0.39, 0.29) is 5.92 Å². The van der Waals surface area contributed by atoms with Gasteiger partial charge in [0.25, 0.3) is 0 Å². The molecule has 4 heteroatoms. The molecule has 3 nitrogen and oxygen atoms in total. The van der Waals surface area contributed by atoms with Gasteiger partial charge in [0.2, 0.25) is 0 Å². The van der Waals surface area contributed by atoms with Gasteiger partial charge in [0.1, 0.15) is 11.5 Å². The molecule has 24 heavy (non-hydrogen) atoms. The van der Waals surface area contributed by atoms with Gasteiger partial charge in [0, 0.05) is 5.92 Å². The van der Waals surface area contributed by atoms with E-state index in [0.717, 1.165) is 29.9 Å². The first-order valence-electron chi connectivity index (χ1n) is 8.34. The van der Waals surface area contributed by atoms with Gasteiger partial charge in [-0.2, -0.15) is 0 Å². The molecule has 0 amide bonds. The van der Waals surface area contributed by atoms with Crippen LogP contribution in [0.15, 0.2) is 36.4 Å². The van der Waals surface area contributed by atoms with Crippen LogP contribution in [-0.4, -0.2) is 20.3 Å². The second-order valence-electron chi connectivity index (χ2n) is 5.97. The largest absolute Gasteiger partial charge is 0.497 e. The van der Waals surface area contributed by atoms with Crippen LogP contribution < -0.4 is 15.2 Å². The predicted octanol–water partition coefficient (Wildman–Crippen LogP) is 4.73. The Morgan fingerprint density at radius 1 is 1.17 bits per heavy atom. The Morgan fingerprint density at radius 3 is 2.54 bits per heavy atom. The zero-order chi connectivity index (χ0) is 17.5. The van der Waals surface area contributed by atoms with Gasteiger partial charge in [-0.1, -0.05) is 30.7 Å². The fourth-order valence-corrected chi connectivity index (χ4v) is 3.10. The van der Waals surface area contributed by atoms with Gasteiger partial charge < -0.3 is 15.2 Å². The molecule has 2 aromatic rings. The minimum absolute atomic E-state index is 0.245. The van der Waals surface area contributed by atoms with E-state index in [9.17, 15) is 0 Å². The summed E-state index contributed by atoms with van der Waals surface area (Å²) in [5, 5.41) is 0.656. The molecule has 0 fully saturated rings. The average molecular weight is 348 g/mol. The molecule has 0 bridgehead atoms. The van der Waals surface area contributed by atoms with Gasteiger partial charge in [-0.25, -0.2) is 0 Å². The third kappa shape index (κ3) is 4.65. The number of benzene rings is 2. The smallest absolute Gasteiger partial charge is 0.137 e. The number of hydrogen-bond donors (Lipinski definition) is 1. The first-order chi connectivity index (χ1) is 11.6. The highest BCUT2D eigenvalue weighted by molar-refractivity contribution is 6.32. The summed E-state index contributed by atoms with van der Waals surface area (Å²) in [6, 6.07) is 12.1. The Labute approximate surface area is 149 Å². The topological polar surface area (TPSA) is 44.5 Å². The Bertz CT molecular complexity index is 673. The molecular formula is C20H26ClNO2. The lowest BCUT2D eigenvalue weighted by Crippen LogP contribution is -2.16. The van der Waals surface area contributed by atoms with E-state index in [1.165, 1.54) is 11.1 Å². The summed E-state index contributed by atoms with van der Waals surface area (Å²) in [6.07, 6.45) is 1.81. The fraction of sp³-hybridized carbons (Fsp3) is 0.400. The molecule has 1 atom stereocenters. The summed E-state index contributed by atoms with van der Waals surface area (Å²) in [4.78, 5) is 0. The summed E-state index contributed by atoms with van der Waals surface area (Å²) in [5.41, 5.74) is 9.64. The third-order valence-electron chi connectivity index (χ3n) is 4.14. The highest BCUT2D eigenvalue weighted by Crippen LogP contribution is 2.30. The summed E-state index contributed by atoms with van der Waals surface area (Å²) in [6.45, 7) is 5.43. The summed E-state index contributed by atoms with van der Waals surface area (Å²) < 4.78 is 10.9. The second kappa shape index (κ2) is 8.95. The van der Waals surface area contributed by atoms with E-state index in [2.05, 4.69) is 26.0 Å². The zero-order valence-electron chi connectivity index (χ0n) is 14.6. The maximum Gasteiger partial charge on any atom is 0.137 e. The highest BCUT2D eigenvalue weighted by atomic mass is 35.5. The van der Waals surface area contributed by atoms with Crippen LogP contribution in [-0.2, 0) is 6.42 Å². The van der Waals surface area contributed by atoms with Crippen molar-refractivity contribution in [1.29, 1.82) is 0 Å². The summed E-state index contributed by atoms with van der Waals surface area (Å²) in [5.74, 6) is 1.86. The van der Waals surface area contributed by atoms with Gasteiger partial charge in [-0.3, -0.25) is 0 Å². The molecule has 2 N–H and O–H groups in total. The maximum atomic E-state index is 6.34. The normalized spacial score (nSPS) is 12.0. The van der Waals surface area contributed by atoms with E-state index in [4.69, 9.17) is 26.8 Å². The van der Waals surface area contributed by atoms with Crippen LogP contribution in [0.4, 0.5) is 0 Å². The first kappa shape index (κ1) is 18.6. The monoisotopic (exact) mass is 347 g/mol. The number of methoxy groups -OCH3 is 1. The van der Waals surface area contributed by atoms with Crippen molar-refractivity contribution in [2.45, 2.75) is 32.6 Å². The molecule has 0 spiro atoms. The van der Waals surface area contributed by atoms with Crippen molar-refractivity contribution in [3.63, 3.8) is 0 Å². The molecule has 1 unspecified atom stereocenters. The van der Waals surface area contributed by atoms with Crippen LogP contribution in [0.25, 0.3) is 0 Å². The highest BCUT2D eigenvalue weighted by Gasteiger charge is 2.15. The molecule has 0 aliphatic heterocycles. The molecule has 0 aromatic heterocycles. The lowest BCUT2D eigenvalue weighted by atomic mass is 9.89. The minimum atomic E-state index is 0.245. The van der Waals surface area contributed by atoms with Crippen molar-refractivity contribution >= 4 is 11.6 Å². The number of hydrogen-bond acceptors (Lipinski definition) is 3. The lowest BCUT2D eigenvalue weighted by Gasteiger charge is -2.19. The van der Waals surface area contributed by atoms with Crippen LogP contribution in [0.2, 0.25) is 5.02 Å². The predicted molar refractivity (Wildman–Crippen MR) is 100 cm³/mol. The van der Waals surface area contributed by atoms with Crippen LogP contribution in [0, 0.1) is 6.92 Å². The van der Waals surface area contributed by atoms with E-state index in [0.29, 0.717) is 18.2 Å². The van der Waals surface area contributed by atoms with Gasteiger partial charge in [0.15, 0.2) is 0 Å². The van der Waals surface area contributed by atoms with Gasteiger partial charge >= 0.3 is 0 Å². The van der Waals surface area contributed by atoms with Crippen molar-refractivity contribution in [2.75, 3.05) is 20.3 Å². The Hall–Kier alpha value is -1.71. The van der Waals surface area contributed by atoms with Crippen LogP contribution in [0.1, 0.15) is 36.0 Å². The van der Waals surface area contributed by atoms with Gasteiger partial charge in [-0.15, -0.1) is 0 Å². The van der Waals surface area contributed by atoms with Crippen molar-refractivity contribution in [1.82, 2.24) is 0 Å². The Kier molecular flexibility index (Phi) is 6.95. The molecule has 0 saturated carbocycles. The molecule has 130 valence electrons. The standard InChI is InChI=1S/C20H26ClNO2/c1-4-9-24-20-8-5-15(12-19(20)21)11-16(13-22)18-7-6-17(23-3)10-14(18)2/h5-8,10,12,16H,4,9,11,13,22H2,1-3H3. The molecule has 0 aliphatic carbocycles. The molecule has 0 radical (unpaired) electrons. The molecule has 0 aliphatic rings. The molecular weight excluding hydrogens is 322 g/mol. The SMILES string of the molecule is CCCOc1ccc(CC(CN)c2ccc(OC)cc2C)cc1Cl. The third-order valence-corrected chi connectivity index (χ3v) is 4.44. The molecule has 2 rings (SSSR count).